The number of likely N-dealkylation sites (N-methyl/N-ethyl adjacent to an activating group) is 2. The van der Waals surface area contributed by atoms with E-state index in [1.165, 1.54) is 6.33 Å². The van der Waals surface area contributed by atoms with Crippen molar-refractivity contribution in [3.63, 3.8) is 0 Å². The van der Waals surface area contributed by atoms with Crippen molar-refractivity contribution in [3.8, 4) is 5.88 Å². The fraction of sp³-hybridized carbons (Fsp3) is 0.636. The number of ether oxygens (including phenoxy) is 1. The zero-order valence-electron chi connectivity index (χ0n) is 11.0. The van der Waals surface area contributed by atoms with Gasteiger partial charge in [-0.3, -0.25) is 0 Å². The molecule has 0 saturated carbocycles. The summed E-state index contributed by atoms with van der Waals surface area (Å²) in [5.74, 6) is 1.17. The Balaban J connectivity index is 2.78. The molecule has 0 radical (unpaired) electrons. The van der Waals surface area contributed by atoms with Gasteiger partial charge in [0.25, 0.3) is 0 Å². The standard InChI is InChI=1S/C11H21N5O/c1-5-17-11-9(12)10(13-8-14-11)16(4)7-6-15(2)3/h8H,5-7,12H2,1-4H3. The van der Waals surface area contributed by atoms with Gasteiger partial charge in [0.1, 0.15) is 12.0 Å². The van der Waals surface area contributed by atoms with Gasteiger partial charge in [0.15, 0.2) is 5.82 Å². The van der Waals surface area contributed by atoms with Crippen LogP contribution in [0.2, 0.25) is 0 Å². The van der Waals surface area contributed by atoms with Gasteiger partial charge in [0.2, 0.25) is 5.88 Å². The molecule has 0 atom stereocenters. The first-order valence-corrected chi connectivity index (χ1v) is 5.65. The van der Waals surface area contributed by atoms with E-state index in [0.29, 0.717) is 24.0 Å². The number of hydrogen-bond acceptors (Lipinski definition) is 6. The minimum atomic E-state index is 0.453. The van der Waals surface area contributed by atoms with Crippen molar-refractivity contribution in [2.75, 3.05) is 51.5 Å². The summed E-state index contributed by atoms with van der Waals surface area (Å²) in [5, 5.41) is 0. The molecule has 0 aliphatic rings. The second-order valence-electron chi connectivity index (χ2n) is 4.07. The SMILES string of the molecule is CCOc1ncnc(N(C)CCN(C)C)c1N. The van der Waals surface area contributed by atoms with E-state index in [9.17, 15) is 0 Å². The van der Waals surface area contributed by atoms with Crippen molar-refractivity contribution in [3.05, 3.63) is 6.33 Å². The highest BCUT2D eigenvalue weighted by molar-refractivity contribution is 5.67. The van der Waals surface area contributed by atoms with Crippen LogP contribution < -0.4 is 15.4 Å². The molecule has 0 bridgehead atoms. The molecule has 0 amide bonds. The smallest absolute Gasteiger partial charge is 0.242 e. The fourth-order valence-electron chi connectivity index (χ4n) is 1.38. The van der Waals surface area contributed by atoms with Crippen LogP contribution in [0, 0.1) is 0 Å². The van der Waals surface area contributed by atoms with Gasteiger partial charge in [0, 0.05) is 20.1 Å². The van der Waals surface area contributed by atoms with Gasteiger partial charge in [-0.15, -0.1) is 0 Å². The molecule has 17 heavy (non-hydrogen) atoms. The highest BCUT2D eigenvalue weighted by Gasteiger charge is 2.12. The molecule has 0 aliphatic carbocycles. The highest BCUT2D eigenvalue weighted by atomic mass is 16.5. The Hall–Kier alpha value is -1.56. The zero-order chi connectivity index (χ0) is 12.8. The summed E-state index contributed by atoms with van der Waals surface area (Å²) >= 11 is 0. The van der Waals surface area contributed by atoms with E-state index < -0.39 is 0 Å². The molecule has 0 fully saturated rings. The molecule has 0 saturated heterocycles. The monoisotopic (exact) mass is 239 g/mol. The van der Waals surface area contributed by atoms with Gasteiger partial charge in [-0.2, -0.15) is 4.98 Å². The van der Waals surface area contributed by atoms with E-state index in [1.807, 2.05) is 33.0 Å². The van der Waals surface area contributed by atoms with Crippen molar-refractivity contribution in [1.29, 1.82) is 0 Å². The molecule has 0 aliphatic heterocycles. The van der Waals surface area contributed by atoms with Crippen molar-refractivity contribution in [1.82, 2.24) is 14.9 Å². The number of rotatable bonds is 6. The molecular weight excluding hydrogens is 218 g/mol. The van der Waals surface area contributed by atoms with Crippen molar-refractivity contribution < 1.29 is 4.74 Å². The molecule has 6 nitrogen and oxygen atoms in total. The summed E-state index contributed by atoms with van der Waals surface area (Å²) in [5.41, 5.74) is 6.47. The Morgan fingerprint density at radius 3 is 2.53 bits per heavy atom. The lowest BCUT2D eigenvalue weighted by Gasteiger charge is -2.22. The first-order chi connectivity index (χ1) is 8.06. The number of anilines is 2. The predicted molar refractivity (Wildman–Crippen MR) is 69.4 cm³/mol. The molecule has 0 unspecified atom stereocenters. The molecule has 2 N–H and O–H groups in total. The number of nitrogen functional groups attached to an aromatic ring is 1. The topological polar surface area (TPSA) is 67.5 Å². The maximum Gasteiger partial charge on any atom is 0.242 e. The second kappa shape index (κ2) is 6.24. The van der Waals surface area contributed by atoms with Gasteiger partial charge in [-0.05, 0) is 21.0 Å². The Labute approximate surface area is 102 Å². The molecule has 1 aromatic heterocycles. The van der Waals surface area contributed by atoms with Crippen LogP contribution in [-0.2, 0) is 0 Å². The predicted octanol–water partition coefficient (Wildman–Crippen LogP) is 0.455. The van der Waals surface area contributed by atoms with Gasteiger partial charge in [-0.25, -0.2) is 4.98 Å². The maximum absolute atomic E-state index is 5.97. The van der Waals surface area contributed by atoms with Crippen molar-refractivity contribution in [2.24, 2.45) is 0 Å². The normalized spacial score (nSPS) is 10.6. The van der Waals surface area contributed by atoms with Gasteiger partial charge in [0.05, 0.1) is 6.61 Å². The Morgan fingerprint density at radius 2 is 1.94 bits per heavy atom. The largest absolute Gasteiger partial charge is 0.476 e. The van der Waals surface area contributed by atoms with E-state index in [4.69, 9.17) is 10.5 Å². The average molecular weight is 239 g/mol. The fourth-order valence-corrected chi connectivity index (χ4v) is 1.38. The Morgan fingerprint density at radius 1 is 1.24 bits per heavy atom. The lowest BCUT2D eigenvalue weighted by atomic mass is 10.4. The third-order valence-electron chi connectivity index (χ3n) is 2.35. The van der Waals surface area contributed by atoms with Crippen LogP contribution in [0.5, 0.6) is 5.88 Å². The van der Waals surface area contributed by atoms with Crippen molar-refractivity contribution in [2.45, 2.75) is 6.92 Å². The van der Waals surface area contributed by atoms with Crippen LogP contribution in [0.25, 0.3) is 0 Å². The summed E-state index contributed by atoms with van der Waals surface area (Å²) in [4.78, 5) is 12.3. The molecule has 1 aromatic rings. The molecule has 96 valence electrons. The van der Waals surface area contributed by atoms with Crippen LogP contribution in [0.3, 0.4) is 0 Å². The van der Waals surface area contributed by atoms with Crippen LogP contribution in [0.1, 0.15) is 6.92 Å². The van der Waals surface area contributed by atoms with Gasteiger partial charge < -0.3 is 20.3 Å². The summed E-state index contributed by atoms with van der Waals surface area (Å²) < 4.78 is 5.34. The van der Waals surface area contributed by atoms with Crippen LogP contribution in [-0.4, -0.2) is 55.7 Å². The second-order valence-corrected chi connectivity index (χ2v) is 4.07. The number of aromatic nitrogens is 2. The summed E-state index contributed by atoms with van der Waals surface area (Å²) in [6.45, 7) is 4.22. The molecular formula is C11H21N5O. The first kappa shape index (κ1) is 13.5. The van der Waals surface area contributed by atoms with Gasteiger partial charge in [-0.1, -0.05) is 0 Å². The van der Waals surface area contributed by atoms with E-state index >= 15 is 0 Å². The minimum absolute atomic E-state index is 0.453. The summed E-state index contributed by atoms with van der Waals surface area (Å²) in [6.07, 6.45) is 1.48. The Bertz CT molecular complexity index is 356. The number of nitrogens with zero attached hydrogens (tertiary/aromatic N) is 4. The molecule has 0 aromatic carbocycles. The van der Waals surface area contributed by atoms with Crippen molar-refractivity contribution >= 4 is 11.5 Å². The molecule has 6 heteroatoms. The summed E-state index contributed by atoms with van der Waals surface area (Å²) in [7, 11) is 6.02. The quantitative estimate of drug-likeness (QED) is 0.777. The van der Waals surface area contributed by atoms with E-state index in [0.717, 1.165) is 13.1 Å². The number of hydrogen-bond donors (Lipinski definition) is 1. The maximum atomic E-state index is 5.97. The van der Waals surface area contributed by atoms with Crippen LogP contribution in [0.4, 0.5) is 11.5 Å². The van der Waals surface area contributed by atoms with Gasteiger partial charge >= 0.3 is 0 Å². The number of nitrogens with two attached hydrogens (primary N) is 1. The average Bonchev–Trinajstić information content (AvgIpc) is 2.29. The van der Waals surface area contributed by atoms with E-state index in [1.54, 1.807) is 0 Å². The summed E-state index contributed by atoms with van der Waals surface area (Å²) in [6, 6.07) is 0. The zero-order valence-corrected chi connectivity index (χ0v) is 11.0. The highest BCUT2D eigenvalue weighted by Crippen LogP contribution is 2.26. The minimum Gasteiger partial charge on any atom is -0.476 e. The third kappa shape index (κ3) is 3.74. The van der Waals surface area contributed by atoms with E-state index in [-0.39, 0.29) is 0 Å². The van der Waals surface area contributed by atoms with Crippen LogP contribution in [0.15, 0.2) is 6.33 Å². The third-order valence-corrected chi connectivity index (χ3v) is 2.35. The first-order valence-electron chi connectivity index (χ1n) is 5.65. The molecule has 0 spiro atoms. The lowest BCUT2D eigenvalue weighted by molar-refractivity contribution is 0.328. The van der Waals surface area contributed by atoms with Crippen LogP contribution >= 0.6 is 0 Å². The Kier molecular flexibility index (Phi) is 4.96. The lowest BCUT2D eigenvalue weighted by Crippen LogP contribution is -2.29. The molecule has 1 heterocycles. The van der Waals surface area contributed by atoms with E-state index in [2.05, 4.69) is 14.9 Å². The molecule has 1 rings (SSSR count).